The van der Waals surface area contributed by atoms with E-state index < -0.39 is 5.60 Å². The molecule has 6 heteroatoms. The number of ether oxygens (including phenoxy) is 1. The third-order valence-corrected chi connectivity index (χ3v) is 4.21. The van der Waals surface area contributed by atoms with Crippen molar-refractivity contribution in [3.8, 4) is 5.75 Å². The molecule has 25 heavy (non-hydrogen) atoms. The average molecular weight is 359 g/mol. The largest absolute Gasteiger partial charge is 0.476 e. The lowest BCUT2D eigenvalue weighted by molar-refractivity contribution is -0.134. The highest BCUT2D eigenvalue weighted by Gasteiger charge is 2.41. The monoisotopic (exact) mass is 358 g/mol. The minimum Gasteiger partial charge on any atom is -0.476 e. The number of rotatable bonds is 4. The van der Waals surface area contributed by atoms with E-state index in [0.717, 1.165) is 5.56 Å². The van der Waals surface area contributed by atoms with Crippen LogP contribution < -0.4 is 15.0 Å². The second-order valence-electron chi connectivity index (χ2n) is 6.38. The van der Waals surface area contributed by atoms with Crippen LogP contribution >= 0.6 is 11.6 Å². The third-order valence-electron chi connectivity index (χ3n) is 3.97. The van der Waals surface area contributed by atoms with Crippen molar-refractivity contribution in [1.82, 2.24) is 5.32 Å². The topological polar surface area (TPSA) is 58.6 Å². The van der Waals surface area contributed by atoms with Gasteiger partial charge in [-0.1, -0.05) is 41.9 Å². The highest BCUT2D eigenvalue weighted by molar-refractivity contribution is 6.31. The molecule has 0 fully saturated rings. The lowest BCUT2D eigenvalue weighted by Crippen LogP contribution is -2.54. The van der Waals surface area contributed by atoms with Gasteiger partial charge in [0.05, 0.1) is 5.69 Å². The van der Waals surface area contributed by atoms with E-state index in [1.807, 2.05) is 30.3 Å². The minimum absolute atomic E-state index is 0.0915. The Morgan fingerprint density at radius 2 is 1.92 bits per heavy atom. The first kappa shape index (κ1) is 17.3. The lowest BCUT2D eigenvalue weighted by Gasteiger charge is -2.38. The van der Waals surface area contributed by atoms with Gasteiger partial charge in [-0.3, -0.25) is 14.5 Å². The molecular weight excluding hydrogens is 340 g/mol. The molecule has 0 unspecified atom stereocenters. The number of fused-ring (bicyclic) bond motifs is 1. The summed E-state index contributed by atoms with van der Waals surface area (Å²) in [5, 5.41) is 3.31. The second kappa shape index (κ2) is 6.76. The summed E-state index contributed by atoms with van der Waals surface area (Å²) in [5.74, 6) is 0.00261. The quantitative estimate of drug-likeness (QED) is 0.913. The van der Waals surface area contributed by atoms with Crippen LogP contribution in [-0.2, 0) is 16.1 Å². The molecule has 0 aliphatic carbocycles. The number of halogens is 1. The van der Waals surface area contributed by atoms with Gasteiger partial charge in [0.1, 0.15) is 12.3 Å². The van der Waals surface area contributed by atoms with E-state index in [2.05, 4.69) is 5.32 Å². The number of benzene rings is 2. The van der Waals surface area contributed by atoms with Crippen LogP contribution in [0.5, 0.6) is 5.75 Å². The normalized spacial score (nSPS) is 15.3. The first-order valence-corrected chi connectivity index (χ1v) is 8.36. The van der Waals surface area contributed by atoms with Gasteiger partial charge >= 0.3 is 0 Å². The Labute approximate surface area is 151 Å². The fraction of sp³-hybridized carbons (Fsp3) is 0.263. The van der Waals surface area contributed by atoms with E-state index in [0.29, 0.717) is 23.0 Å². The van der Waals surface area contributed by atoms with Crippen LogP contribution in [0.25, 0.3) is 0 Å². The summed E-state index contributed by atoms with van der Waals surface area (Å²) in [6, 6.07) is 14.6. The Kier molecular flexibility index (Phi) is 4.68. The molecule has 1 N–H and O–H groups in total. The maximum absolute atomic E-state index is 12.7. The highest BCUT2D eigenvalue weighted by Crippen LogP contribution is 2.39. The molecule has 0 atom stereocenters. The van der Waals surface area contributed by atoms with Crippen molar-refractivity contribution in [1.29, 1.82) is 0 Å². The van der Waals surface area contributed by atoms with E-state index in [-0.39, 0.29) is 18.4 Å². The van der Waals surface area contributed by atoms with Crippen LogP contribution in [0, 0.1) is 0 Å². The zero-order valence-corrected chi connectivity index (χ0v) is 14.8. The van der Waals surface area contributed by atoms with Gasteiger partial charge in [-0.2, -0.15) is 0 Å². The maximum Gasteiger partial charge on any atom is 0.271 e. The van der Waals surface area contributed by atoms with E-state index >= 15 is 0 Å². The molecule has 1 heterocycles. The van der Waals surface area contributed by atoms with Gasteiger partial charge in [0.2, 0.25) is 5.91 Å². The second-order valence-corrected chi connectivity index (χ2v) is 6.81. The predicted octanol–water partition coefficient (Wildman–Crippen LogP) is 3.16. The van der Waals surface area contributed by atoms with Gasteiger partial charge in [-0.05, 0) is 37.6 Å². The van der Waals surface area contributed by atoms with Crippen molar-refractivity contribution in [2.45, 2.75) is 26.0 Å². The van der Waals surface area contributed by atoms with Gasteiger partial charge in [0.15, 0.2) is 5.60 Å². The summed E-state index contributed by atoms with van der Waals surface area (Å²) in [4.78, 5) is 26.5. The lowest BCUT2D eigenvalue weighted by atomic mass is 10.0. The number of nitrogens with one attached hydrogen (secondary N) is 1. The van der Waals surface area contributed by atoms with Crippen LogP contribution in [0.2, 0.25) is 5.02 Å². The molecule has 0 aromatic heterocycles. The molecule has 0 bridgehead atoms. The number of carbonyl (C=O) groups is 2. The minimum atomic E-state index is -1.04. The molecule has 2 amide bonds. The van der Waals surface area contributed by atoms with Gasteiger partial charge in [0.25, 0.3) is 5.91 Å². The smallest absolute Gasteiger partial charge is 0.271 e. The Morgan fingerprint density at radius 3 is 2.64 bits per heavy atom. The average Bonchev–Trinajstić information content (AvgIpc) is 2.59. The van der Waals surface area contributed by atoms with E-state index in [4.69, 9.17) is 16.3 Å². The third kappa shape index (κ3) is 3.77. The number of nitrogens with zero attached hydrogens (tertiary/aromatic N) is 1. The number of hydrogen-bond acceptors (Lipinski definition) is 3. The zero-order chi connectivity index (χ0) is 18.0. The number of amides is 2. The van der Waals surface area contributed by atoms with E-state index in [9.17, 15) is 9.59 Å². The standard InChI is InChI=1S/C19H19ClN2O3/c1-19(2)18(24)22(15-10-14(20)8-9-16(15)25-19)12-17(23)21-11-13-6-4-3-5-7-13/h3-10H,11-12H2,1-2H3,(H,21,23). The predicted molar refractivity (Wildman–Crippen MR) is 96.8 cm³/mol. The van der Waals surface area contributed by atoms with Crippen LogP contribution in [-0.4, -0.2) is 24.0 Å². The molecule has 2 aromatic carbocycles. The van der Waals surface area contributed by atoms with Crippen molar-refractivity contribution >= 4 is 29.1 Å². The molecule has 130 valence electrons. The molecule has 2 aromatic rings. The molecule has 0 saturated carbocycles. The molecular formula is C19H19ClN2O3. The number of carbonyl (C=O) groups excluding carboxylic acids is 2. The summed E-state index contributed by atoms with van der Waals surface area (Å²) >= 11 is 6.04. The van der Waals surface area contributed by atoms with Crippen LogP contribution in [0.15, 0.2) is 48.5 Å². The summed E-state index contributed by atoms with van der Waals surface area (Å²) in [6.45, 7) is 3.68. The van der Waals surface area contributed by atoms with Crippen LogP contribution in [0.4, 0.5) is 5.69 Å². The van der Waals surface area contributed by atoms with Gasteiger partial charge in [-0.15, -0.1) is 0 Å². The van der Waals surface area contributed by atoms with E-state index in [1.54, 1.807) is 32.0 Å². The Balaban J connectivity index is 1.77. The summed E-state index contributed by atoms with van der Waals surface area (Å²) in [7, 11) is 0. The van der Waals surface area contributed by atoms with Crippen molar-refractivity contribution in [2.75, 3.05) is 11.4 Å². The van der Waals surface area contributed by atoms with Gasteiger partial charge < -0.3 is 10.1 Å². The number of hydrogen-bond donors (Lipinski definition) is 1. The maximum atomic E-state index is 12.7. The Morgan fingerprint density at radius 1 is 1.20 bits per heavy atom. The van der Waals surface area contributed by atoms with E-state index in [1.165, 1.54) is 4.90 Å². The van der Waals surface area contributed by atoms with Crippen LogP contribution in [0.3, 0.4) is 0 Å². The fourth-order valence-corrected chi connectivity index (χ4v) is 2.86. The first-order valence-electron chi connectivity index (χ1n) is 7.98. The van der Waals surface area contributed by atoms with Crippen LogP contribution in [0.1, 0.15) is 19.4 Å². The summed E-state index contributed by atoms with van der Waals surface area (Å²) < 4.78 is 5.75. The molecule has 1 aliphatic rings. The number of anilines is 1. The molecule has 0 radical (unpaired) electrons. The molecule has 3 rings (SSSR count). The van der Waals surface area contributed by atoms with Crippen molar-refractivity contribution < 1.29 is 14.3 Å². The molecule has 0 saturated heterocycles. The summed E-state index contributed by atoms with van der Waals surface area (Å²) in [6.07, 6.45) is 0. The summed E-state index contributed by atoms with van der Waals surface area (Å²) in [5.41, 5.74) is 0.459. The van der Waals surface area contributed by atoms with Crippen molar-refractivity contribution in [3.63, 3.8) is 0 Å². The van der Waals surface area contributed by atoms with Gasteiger partial charge in [-0.25, -0.2) is 0 Å². The Bertz CT molecular complexity index is 806. The Hall–Kier alpha value is -2.53. The molecule has 1 aliphatic heterocycles. The zero-order valence-electron chi connectivity index (χ0n) is 14.1. The SMILES string of the molecule is CC1(C)Oc2ccc(Cl)cc2N(CC(=O)NCc2ccccc2)C1=O. The van der Waals surface area contributed by atoms with Crippen molar-refractivity contribution in [2.24, 2.45) is 0 Å². The highest BCUT2D eigenvalue weighted by atomic mass is 35.5. The first-order chi connectivity index (χ1) is 11.9. The van der Waals surface area contributed by atoms with Crippen molar-refractivity contribution in [3.05, 3.63) is 59.1 Å². The molecule has 0 spiro atoms. The fourth-order valence-electron chi connectivity index (χ4n) is 2.69. The van der Waals surface area contributed by atoms with Gasteiger partial charge in [0, 0.05) is 11.6 Å². The molecule has 5 nitrogen and oxygen atoms in total.